The minimum atomic E-state index is 0.536. The van der Waals surface area contributed by atoms with Gasteiger partial charge in [0.2, 0.25) is 0 Å². The van der Waals surface area contributed by atoms with E-state index in [1.165, 1.54) is 64.7 Å². The monoisotopic (exact) mass is 269 g/mol. The zero-order valence-corrected chi connectivity index (χ0v) is 13.7. The van der Waals surface area contributed by atoms with E-state index in [0.717, 1.165) is 6.54 Å². The van der Waals surface area contributed by atoms with Crippen LogP contribution in [0.4, 0.5) is 0 Å². The van der Waals surface area contributed by atoms with Gasteiger partial charge < -0.3 is 15.1 Å². The lowest BCUT2D eigenvalue weighted by Crippen LogP contribution is -2.45. The molecule has 114 valence electrons. The Balaban J connectivity index is 2.43. The maximum absolute atomic E-state index is 3.68. The van der Waals surface area contributed by atoms with Gasteiger partial charge in [-0.3, -0.25) is 0 Å². The van der Waals surface area contributed by atoms with Crippen LogP contribution in [0.15, 0.2) is 0 Å². The van der Waals surface area contributed by atoms with Crippen molar-refractivity contribution in [1.82, 2.24) is 15.1 Å². The van der Waals surface area contributed by atoms with Gasteiger partial charge in [0.25, 0.3) is 0 Å². The van der Waals surface area contributed by atoms with Crippen LogP contribution >= 0.6 is 0 Å². The van der Waals surface area contributed by atoms with Gasteiger partial charge in [-0.15, -0.1) is 0 Å². The van der Waals surface area contributed by atoms with Crippen molar-refractivity contribution < 1.29 is 0 Å². The standard InChI is InChI=1S/C16H35N3/c1-5-11-17-14-16(9-7-6-8-10-16)15-19(4)13-12-18(2)3/h17H,5-15H2,1-4H3. The molecule has 0 bridgehead atoms. The molecule has 1 saturated carbocycles. The molecule has 0 amide bonds. The molecular formula is C16H35N3. The van der Waals surface area contributed by atoms with Crippen molar-refractivity contribution in [2.24, 2.45) is 5.41 Å². The second-order valence-corrected chi connectivity index (χ2v) is 6.78. The summed E-state index contributed by atoms with van der Waals surface area (Å²) in [6.07, 6.45) is 8.36. The van der Waals surface area contributed by atoms with Crippen LogP contribution in [0.3, 0.4) is 0 Å². The fourth-order valence-electron chi connectivity index (χ4n) is 3.25. The second-order valence-electron chi connectivity index (χ2n) is 6.78. The normalized spacial score (nSPS) is 19.3. The molecule has 1 N–H and O–H groups in total. The highest BCUT2D eigenvalue weighted by molar-refractivity contribution is 4.87. The van der Waals surface area contributed by atoms with E-state index in [0.29, 0.717) is 5.41 Å². The Bertz CT molecular complexity index is 222. The fraction of sp³-hybridized carbons (Fsp3) is 1.00. The summed E-state index contributed by atoms with van der Waals surface area (Å²) in [5.41, 5.74) is 0.536. The first-order valence-electron chi connectivity index (χ1n) is 8.12. The number of likely N-dealkylation sites (N-methyl/N-ethyl adjacent to an activating group) is 2. The Morgan fingerprint density at radius 2 is 1.68 bits per heavy atom. The van der Waals surface area contributed by atoms with Crippen molar-refractivity contribution in [1.29, 1.82) is 0 Å². The summed E-state index contributed by atoms with van der Waals surface area (Å²) >= 11 is 0. The van der Waals surface area contributed by atoms with Crippen LogP contribution in [0.1, 0.15) is 45.4 Å². The van der Waals surface area contributed by atoms with Gasteiger partial charge in [0.15, 0.2) is 0 Å². The predicted octanol–water partition coefficient (Wildman–Crippen LogP) is 2.43. The predicted molar refractivity (Wildman–Crippen MR) is 84.7 cm³/mol. The molecule has 1 aliphatic rings. The highest BCUT2D eigenvalue weighted by atomic mass is 15.2. The third-order valence-electron chi connectivity index (χ3n) is 4.38. The van der Waals surface area contributed by atoms with Crippen molar-refractivity contribution in [3.63, 3.8) is 0 Å². The van der Waals surface area contributed by atoms with E-state index in [2.05, 4.69) is 43.2 Å². The largest absolute Gasteiger partial charge is 0.316 e. The van der Waals surface area contributed by atoms with E-state index >= 15 is 0 Å². The summed E-state index contributed by atoms with van der Waals surface area (Å²) in [5, 5.41) is 3.68. The zero-order chi connectivity index (χ0) is 14.1. The van der Waals surface area contributed by atoms with Gasteiger partial charge in [0, 0.05) is 26.2 Å². The number of hydrogen-bond donors (Lipinski definition) is 1. The minimum absolute atomic E-state index is 0.536. The maximum Gasteiger partial charge on any atom is 0.0106 e. The van der Waals surface area contributed by atoms with E-state index in [9.17, 15) is 0 Å². The number of nitrogens with one attached hydrogen (secondary N) is 1. The van der Waals surface area contributed by atoms with E-state index in [1.807, 2.05) is 0 Å². The van der Waals surface area contributed by atoms with E-state index in [-0.39, 0.29) is 0 Å². The molecular weight excluding hydrogens is 234 g/mol. The van der Waals surface area contributed by atoms with E-state index in [4.69, 9.17) is 0 Å². The van der Waals surface area contributed by atoms with Crippen LogP contribution < -0.4 is 5.32 Å². The lowest BCUT2D eigenvalue weighted by atomic mass is 9.73. The zero-order valence-electron chi connectivity index (χ0n) is 13.7. The second kappa shape index (κ2) is 8.93. The van der Waals surface area contributed by atoms with Crippen LogP contribution in [-0.2, 0) is 0 Å². The molecule has 19 heavy (non-hydrogen) atoms. The van der Waals surface area contributed by atoms with Crippen LogP contribution in [0.2, 0.25) is 0 Å². The molecule has 0 spiro atoms. The summed E-state index contributed by atoms with van der Waals surface area (Å²) < 4.78 is 0. The molecule has 1 rings (SSSR count). The number of hydrogen-bond acceptors (Lipinski definition) is 3. The smallest absolute Gasteiger partial charge is 0.0106 e. The molecule has 0 unspecified atom stereocenters. The third-order valence-corrected chi connectivity index (χ3v) is 4.38. The van der Waals surface area contributed by atoms with Crippen molar-refractivity contribution in [3.8, 4) is 0 Å². The summed E-state index contributed by atoms with van der Waals surface area (Å²) in [6.45, 7) is 8.25. The van der Waals surface area contributed by atoms with Gasteiger partial charge in [-0.1, -0.05) is 26.2 Å². The molecule has 0 aromatic heterocycles. The molecule has 0 aromatic rings. The van der Waals surface area contributed by atoms with Crippen LogP contribution in [0.25, 0.3) is 0 Å². The van der Waals surface area contributed by atoms with Gasteiger partial charge >= 0.3 is 0 Å². The molecule has 0 radical (unpaired) electrons. The average molecular weight is 269 g/mol. The van der Waals surface area contributed by atoms with Gasteiger partial charge in [-0.2, -0.15) is 0 Å². The molecule has 3 heteroatoms. The van der Waals surface area contributed by atoms with Crippen molar-refractivity contribution >= 4 is 0 Å². The number of nitrogens with zero attached hydrogens (tertiary/aromatic N) is 2. The molecule has 0 atom stereocenters. The summed E-state index contributed by atoms with van der Waals surface area (Å²) in [6, 6.07) is 0. The maximum atomic E-state index is 3.68. The molecule has 0 saturated heterocycles. The molecule has 0 heterocycles. The van der Waals surface area contributed by atoms with Crippen LogP contribution in [0.5, 0.6) is 0 Å². The molecule has 1 aliphatic carbocycles. The van der Waals surface area contributed by atoms with Crippen molar-refractivity contribution in [2.75, 3.05) is 53.9 Å². The Kier molecular flexibility index (Phi) is 7.96. The molecule has 3 nitrogen and oxygen atoms in total. The Labute approximate surface area is 120 Å². The van der Waals surface area contributed by atoms with E-state index in [1.54, 1.807) is 0 Å². The lowest BCUT2D eigenvalue weighted by molar-refractivity contribution is 0.113. The van der Waals surface area contributed by atoms with E-state index < -0.39 is 0 Å². The minimum Gasteiger partial charge on any atom is -0.316 e. The first kappa shape index (κ1) is 16.9. The number of rotatable bonds is 9. The first-order valence-corrected chi connectivity index (χ1v) is 8.12. The lowest BCUT2D eigenvalue weighted by Gasteiger charge is -2.40. The topological polar surface area (TPSA) is 18.5 Å². The summed E-state index contributed by atoms with van der Waals surface area (Å²) in [7, 11) is 6.61. The van der Waals surface area contributed by atoms with Crippen molar-refractivity contribution in [2.45, 2.75) is 45.4 Å². The molecule has 1 fully saturated rings. The highest BCUT2D eigenvalue weighted by Gasteiger charge is 2.32. The molecule has 0 aromatic carbocycles. The van der Waals surface area contributed by atoms with Crippen LogP contribution in [0, 0.1) is 5.41 Å². The van der Waals surface area contributed by atoms with Gasteiger partial charge in [-0.25, -0.2) is 0 Å². The SMILES string of the molecule is CCCNCC1(CN(C)CCN(C)C)CCCCC1. The highest BCUT2D eigenvalue weighted by Crippen LogP contribution is 2.36. The van der Waals surface area contributed by atoms with Crippen molar-refractivity contribution in [3.05, 3.63) is 0 Å². The summed E-state index contributed by atoms with van der Waals surface area (Å²) in [5.74, 6) is 0. The Morgan fingerprint density at radius 1 is 1.00 bits per heavy atom. The van der Waals surface area contributed by atoms with Gasteiger partial charge in [-0.05, 0) is 52.4 Å². The Morgan fingerprint density at radius 3 is 2.26 bits per heavy atom. The van der Waals surface area contributed by atoms with Gasteiger partial charge in [0.1, 0.15) is 0 Å². The average Bonchev–Trinajstić information content (AvgIpc) is 2.38. The quantitative estimate of drug-likeness (QED) is 0.649. The fourth-order valence-corrected chi connectivity index (χ4v) is 3.25. The van der Waals surface area contributed by atoms with Gasteiger partial charge in [0.05, 0.1) is 0 Å². The van der Waals surface area contributed by atoms with Crippen LogP contribution in [-0.4, -0.2) is 63.7 Å². The molecule has 0 aliphatic heterocycles. The first-order chi connectivity index (χ1) is 9.08. The Hall–Kier alpha value is -0.120. The third kappa shape index (κ3) is 6.73. The summed E-state index contributed by atoms with van der Waals surface area (Å²) in [4.78, 5) is 4.82.